The number of phosphoric ester groups is 1. The molecule has 64 heavy (non-hydrogen) atoms. The summed E-state index contributed by atoms with van der Waals surface area (Å²) in [6.07, 6.45) is 23.0. The fraction of sp³-hybridized carbons (Fsp3) is 0.936. The van der Waals surface area contributed by atoms with Crippen LogP contribution in [-0.4, -0.2) is 120 Å². The third kappa shape index (κ3) is 32.9. The first-order valence-electron chi connectivity index (χ1n) is 25.1. The average Bonchev–Trinajstić information content (AvgIpc) is 3.27. The van der Waals surface area contributed by atoms with Gasteiger partial charge in [0.25, 0.3) is 0 Å². The van der Waals surface area contributed by atoms with Crippen LogP contribution in [0.4, 0.5) is 0 Å². The van der Waals surface area contributed by atoms with Gasteiger partial charge < -0.3 is 49.6 Å². The second-order valence-electron chi connectivity index (χ2n) is 17.4. The zero-order valence-corrected chi connectivity index (χ0v) is 40.6. The largest absolute Gasteiger partial charge is 0.472 e. The van der Waals surface area contributed by atoms with E-state index < -0.39 is 75.7 Å². The van der Waals surface area contributed by atoms with Gasteiger partial charge in [-0.1, -0.05) is 168 Å². The molecule has 2 unspecified atom stereocenters. The molecule has 1 saturated heterocycles. The van der Waals surface area contributed by atoms with Gasteiger partial charge in [0.2, 0.25) is 5.91 Å². The minimum absolute atomic E-state index is 0.0187. The van der Waals surface area contributed by atoms with Crippen LogP contribution < -0.4 is 5.32 Å². The first-order valence-corrected chi connectivity index (χ1v) is 26.6. The number of hydrogen-bond acceptors (Lipinski definition) is 14. The number of esters is 2. The lowest BCUT2D eigenvalue weighted by Gasteiger charge is -2.39. The highest BCUT2D eigenvalue weighted by molar-refractivity contribution is 7.47. The van der Waals surface area contributed by atoms with Crippen molar-refractivity contribution >= 4 is 25.7 Å². The number of ether oxygens (including phenoxy) is 4. The molecule has 0 radical (unpaired) electrons. The SMILES string of the molecule is CCCCCCCCCCCCCCCC(=O)OCC(COP(=O)(O)OCCNC(=O)CCCO[C@H]1O[C@H](CO)[C@@H](O)[C@H](O)[C@@H]1O)OC(=O)CCCCCCCCCCCCCCC. The molecule has 16 nitrogen and oxygen atoms in total. The van der Waals surface area contributed by atoms with Crippen LogP contribution in [0.25, 0.3) is 0 Å². The van der Waals surface area contributed by atoms with Crippen molar-refractivity contribution in [3.8, 4) is 0 Å². The van der Waals surface area contributed by atoms with Gasteiger partial charge >= 0.3 is 19.8 Å². The Balaban J connectivity index is 2.42. The number of phosphoric acid groups is 1. The molecule has 0 spiro atoms. The van der Waals surface area contributed by atoms with E-state index in [9.17, 15) is 44.3 Å². The minimum Gasteiger partial charge on any atom is -0.462 e. The molecule has 17 heteroatoms. The molecule has 378 valence electrons. The Morgan fingerprint density at radius 1 is 0.578 bits per heavy atom. The molecule has 1 aliphatic rings. The fourth-order valence-electron chi connectivity index (χ4n) is 7.49. The van der Waals surface area contributed by atoms with Crippen molar-refractivity contribution in [1.29, 1.82) is 0 Å². The van der Waals surface area contributed by atoms with Crippen molar-refractivity contribution in [2.24, 2.45) is 0 Å². The first kappa shape index (κ1) is 60.3. The summed E-state index contributed by atoms with van der Waals surface area (Å²) in [5.74, 6) is -1.38. The Labute approximate surface area is 385 Å². The van der Waals surface area contributed by atoms with Gasteiger partial charge in [-0.25, -0.2) is 4.57 Å². The zero-order chi connectivity index (χ0) is 47.1. The second kappa shape index (κ2) is 40.4. The van der Waals surface area contributed by atoms with Crippen LogP contribution >= 0.6 is 7.82 Å². The van der Waals surface area contributed by atoms with E-state index in [4.69, 9.17) is 28.0 Å². The van der Waals surface area contributed by atoms with E-state index in [0.717, 1.165) is 38.5 Å². The molecule has 0 aromatic carbocycles. The predicted molar refractivity (Wildman–Crippen MR) is 245 cm³/mol. The van der Waals surface area contributed by atoms with E-state index in [1.54, 1.807) is 0 Å². The van der Waals surface area contributed by atoms with E-state index in [1.165, 1.54) is 116 Å². The van der Waals surface area contributed by atoms with Gasteiger partial charge in [0.1, 0.15) is 31.0 Å². The fourth-order valence-corrected chi connectivity index (χ4v) is 8.24. The van der Waals surface area contributed by atoms with Crippen LogP contribution in [0.2, 0.25) is 0 Å². The maximum Gasteiger partial charge on any atom is 0.472 e. The summed E-state index contributed by atoms with van der Waals surface area (Å²) in [6.45, 7) is 2.43. The van der Waals surface area contributed by atoms with E-state index in [0.29, 0.717) is 12.8 Å². The van der Waals surface area contributed by atoms with E-state index in [2.05, 4.69) is 19.2 Å². The summed E-state index contributed by atoms with van der Waals surface area (Å²) in [6, 6.07) is 0. The summed E-state index contributed by atoms with van der Waals surface area (Å²) in [5.41, 5.74) is 0. The molecule has 6 N–H and O–H groups in total. The normalized spacial score (nSPS) is 20.1. The lowest BCUT2D eigenvalue weighted by atomic mass is 9.99. The van der Waals surface area contributed by atoms with Crippen LogP contribution in [0.1, 0.15) is 206 Å². The number of aliphatic hydroxyl groups excluding tert-OH is 4. The summed E-state index contributed by atoms with van der Waals surface area (Å²) in [7, 11) is -4.65. The Morgan fingerprint density at radius 3 is 1.53 bits per heavy atom. The van der Waals surface area contributed by atoms with Crippen LogP contribution in [0, 0.1) is 0 Å². The van der Waals surface area contributed by atoms with Crippen LogP contribution in [0.5, 0.6) is 0 Å². The molecule has 1 rings (SSSR count). The molecule has 0 aromatic rings. The number of unbranched alkanes of at least 4 members (excludes halogenated alkanes) is 24. The topological polar surface area (TPSA) is 237 Å². The van der Waals surface area contributed by atoms with Crippen molar-refractivity contribution < 1.29 is 72.3 Å². The molecule has 0 bridgehead atoms. The number of amides is 1. The van der Waals surface area contributed by atoms with Gasteiger partial charge in [-0.05, 0) is 19.3 Å². The molecule has 1 amide bonds. The third-order valence-electron chi connectivity index (χ3n) is 11.5. The number of rotatable bonds is 44. The summed E-state index contributed by atoms with van der Waals surface area (Å²) in [4.78, 5) is 47.9. The van der Waals surface area contributed by atoms with Crippen LogP contribution in [0.3, 0.4) is 0 Å². The van der Waals surface area contributed by atoms with Gasteiger partial charge in [-0.3, -0.25) is 23.4 Å². The van der Waals surface area contributed by atoms with E-state index in [1.807, 2.05) is 0 Å². The standard InChI is InChI=1S/C47H90NO15P/c1-3-5-7-9-11-13-15-17-19-21-23-25-27-31-42(51)59-37-39(62-43(52)32-28-26-24-22-20-18-16-14-12-10-8-6-4-2)38-61-64(56,57)60-35-33-48-41(50)30-29-34-58-47-46(55)45(54)44(53)40(36-49)63-47/h39-40,44-47,49,53-55H,3-38H2,1-2H3,(H,48,50)(H,56,57)/t39?,40-,44-,45+,46+,47+/m1/s1. The number of carbonyl (C=O) groups is 3. The average molecular weight is 940 g/mol. The number of aliphatic hydroxyl groups is 4. The van der Waals surface area contributed by atoms with Crippen LogP contribution in [0.15, 0.2) is 0 Å². The van der Waals surface area contributed by atoms with Gasteiger partial charge in [-0.15, -0.1) is 0 Å². The van der Waals surface area contributed by atoms with Crippen LogP contribution in [-0.2, 0) is 46.9 Å². The van der Waals surface area contributed by atoms with E-state index in [-0.39, 0.29) is 52.0 Å². The quantitative estimate of drug-likeness (QED) is 0.0192. The lowest BCUT2D eigenvalue weighted by Crippen LogP contribution is -2.59. The first-order chi connectivity index (χ1) is 30.9. The molecule has 0 aliphatic carbocycles. The van der Waals surface area contributed by atoms with Crippen molar-refractivity contribution in [2.45, 2.75) is 243 Å². The predicted octanol–water partition coefficient (Wildman–Crippen LogP) is 8.25. The van der Waals surface area contributed by atoms with Gasteiger partial charge in [0, 0.05) is 25.8 Å². The Morgan fingerprint density at radius 2 is 1.05 bits per heavy atom. The second-order valence-corrected chi connectivity index (χ2v) is 18.9. The van der Waals surface area contributed by atoms with Crippen molar-refractivity contribution in [2.75, 3.05) is 39.6 Å². The van der Waals surface area contributed by atoms with Gasteiger partial charge in [0.05, 0.1) is 26.4 Å². The summed E-state index contributed by atoms with van der Waals surface area (Å²) in [5, 5.41) is 41.6. The Bertz CT molecular complexity index is 1200. The molecule has 0 saturated carbocycles. The van der Waals surface area contributed by atoms with Crippen molar-refractivity contribution in [3.63, 3.8) is 0 Å². The Hall–Kier alpha value is -1.72. The Kier molecular flexibility index (Phi) is 38.0. The van der Waals surface area contributed by atoms with Crippen molar-refractivity contribution in [3.05, 3.63) is 0 Å². The van der Waals surface area contributed by atoms with E-state index >= 15 is 0 Å². The maximum absolute atomic E-state index is 12.8. The zero-order valence-electron chi connectivity index (χ0n) is 39.7. The number of carbonyl (C=O) groups excluding carboxylic acids is 3. The molecule has 1 aliphatic heterocycles. The van der Waals surface area contributed by atoms with Gasteiger partial charge in [-0.2, -0.15) is 0 Å². The number of hydrogen-bond donors (Lipinski definition) is 6. The summed E-state index contributed by atoms with van der Waals surface area (Å²) >= 11 is 0. The summed E-state index contributed by atoms with van der Waals surface area (Å²) < 4.78 is 44.4. The van der Waals surface area contributed by atoms with Crippen molar-refractivity contribution in [1.82, 2.24) is 5.32 Å². The smallest absolute Gasteiger partial charge is 0.462 e. The molecule has 0 aromatic heterocycles. The molecule has 1 fully saturated rings. The highest BCUT2D eigenvalue weighted by Crippen LogP contribution is 2.43. The molecular weight excluding hydrogens is 849 g/mol. The maximum atomic E-state index is 12.8. The molecule has 7 atom stereocenters. The molecular formula is C47H90NO15P. The highest BCUT2D eigenvalue weighted by atomic mass is 31.2. The lowest BCUT2D eigenvalue weighted by molar-refractivity contribution is -0.301. The van der Waals surface area contributed by atoms with Gasteiger partial charge in [0.15, 0.2) is 12.4 Å². The highest BCUT2D eigenvalue weighted by Gasteiger charge is 2.44. The minimum atomic E-state index is -4.65. The monoisotopic (exact) mass is 940 g/mol. The third-order valence-corrected chi connectivity index (χ3v) is 12.5. The molecule has 1 heterocycles. The number of nitrogens with one attached hydrogen (secondary N) is 1.